The Morgan fingerprint density at radius 3 is 2.67 bits per heavy atom. The zero-order valence-corrected chi connectivity index (χ0v) is 11.0. The lowest BCUT2D eigenvalue weighted by molar-refractivity contribution is -0.124. The molecule has 1 saturated carbocycles. The number of hydrogen-bond acceptors (Lipinski definition) is 3. The van der Waals surface area contributed by atoms with Crippen molar-refractivity contribution in [2.45, 2.75) is 51.2 Å². The first-order chi connectivity index (χ1) is 8.63. The van der Waals surface area contributed by atoms with Crippen LogP contribution < -0.4 is 10.6 Å². The van der Waals surface area contributed by atoms with Crippen LogP contribution in [0.4, 0.5) is 4.39 Å². The zero-order chi connectivity index (χ0) is 13.4. The van der Waals surface area contributed by atoms with Gasteiger partial charge in [-0.2, -0.15) is 0 Å². The fourth-order valence-electron chi connectivity index (χ4n) is 2.38. The van der Waals surface area contributed by atoms with Crippen molar-refractivity contribution in [1.29, 1.82) is 0 Å². The van der Waals surface area contributed by atoms with E-state index in [2.05, 4.69) is 10.6 Å². The Hall–Kier alpha value is -0.970. The standard InChI is InChI=1S/C13H23FN2O2.H2/c1-10(14)7-15-8-13(18)16-12(9-17)11-5-3-2-4-6-11;/h9-12,15H,2-8H2,1H3,(H,16,18);1H/t10-,12-;/m1./s1. The monoisotopic (exact) mass is 260 g/mol. The summed E-state index contributed by atoms with van der Waals surface area (Å²) in [5.74, 6) is 0.0265. The largest absolute Gasteiger partial charge is 0.345 e. The number of hydrogen-bond donors (Lipinski definition) is 2. The molecule has 4 nitrogen and oxygen atoms in total. The average Bonchev–Trinajstić information content (AvgIpc) is 2.36. The number of aldehydes is 1. The van der Waals surface area contributed by atoms with Crippen LogP contribution in [0.5, 0.6) is 0 Å². The number of amides is 1. The van der Waals surface area contributed by atoms with Crippen LogP contribution >= 0.6 is 0 Å². The van der Waals surface area contributed by atoms with Gasteiger partial charge in [-0.3, -0.25) is 4.79 Å². The summed E-state index contributed by atoms with van der Waals surface area (Å²) < 4.78 is 12.5. The second kappa shape index (κ2) is 8.19. The summed E-state index contributed by atoms with van der Waals surface area (Å²) in [6, 6.07) is -0.387. The SMILES string of the molecule is C[C@@H](F)CNCC(=O)N[C@H](C=O)C1CCCCC1.[HH]. The molecule has 18 heavy (non-hydrogen) atoms. The van der Waals surface area contributed by atoms with E-state index in [1.807, 2.05) is 0 Å². The van der Waals surface area contributed by atoms with Gasteiger partial charge in [-0.25, -0.2) is 4.39 Å². The summed E-state index contributed by atoms with van der Waals surface area (Å²) in [4.78, 5) is 22.6. The minimum atomic E-state index is -0.974. The third kappa shape index (κ3) is 5.58. The third-order valence-corrected chi connectivity index (χ3v) is 3.34. The van der Waals surface area contributed by atoms with Crippen LogP contribution in [0.3, 0.4) is 0 Å². The number of halogens is 1. The molecule has 0 saturated heterocycles. The van der Waals surface area contributed by atoms with Crippen molar-refractivity contribution >= 4 is 12.2 Å². The van der Waals surface area contributed by atoms with Gasteiger partial charge in [0, 0.05) is 7.97 Å². The van der Waals surface area contributed by atoms with Gasteiger partial charge < -0.3 is 15.4 Å². The molecule has 0 aliphatic heterocycles. The smallest absolute Gasteiger partial charge is 0.234 e. The minimum Gasteiger partial charge on any atom is -0.345 e. The first kappa shape index (κ1) is 15.1. The third-order valence-electron chi connectivity index (χ3n) is 3.34. The number of carbonyl (C=O) groups excluding carboxylic acids is 2. The Morgan fingerprint density at radius 2 is 2.11 bits per heavy atom. The van der Waals surface area contributed by atoms with Crippen molar-refractivity contribution in [1.82, 2.24) is 10.6 Å². The summed E-state index contributed by atoms with van der Waals surface area (Å²) in [5.41, 5.74) is 0. The lowest BCUT2D eigenvalue weighted by Gasteiger charge is -2.27. The fourth-order valence-corrected chi connectivity index (χ4v) is 2.38. The van der Waals surface area contributed by atoms with Crippen LogP contribution in [0.25, 0.3) is 0 Å². The topological polar surface area (TPSA) is 58.2 Å². The van der Waals surface area contributed by atoms with E-state index in [1.165, 1.54) is 13.3 Å². The summed E-state index contributed by atoms with van der Waals surface area (Å²) in [5, 5.41) is 5.43. The molecule has 0 radical (unpaired) electrons. The van der Waals surface area contributed by atoms with Crippen LogP contribution in [0, 0.1) is 5.92 Å². The lowest BCUT2D eigenvalue weighted by atomic mass is 9.84. The van der Waals surface area contributed by atoms with Gasteiger partial charge in [0.1, 0.15) is 12.5 Å². The van der Waals surface area contributed by atoms with E-state index in [0.29, 0.717) is 0 Å². The van der Waals surface area contributed by atoms with E-state index >= 15 is 0 Å². The van der Waals surface area contributed by atoms with Gasteiger partial charge in [0.25, 0.3) is 0 Å². The maximum Gasteiger partial charge on any atom is 0.234 e. The molecule has 2 N–H and O–H groups in total. The summed E-state index contributed by atoms with van der Waals surface area (Å²) in [7, 11) is 0. The Kier molecular flexibility index (Phi) is 6.86. The summed E-state index contributed by atoms with van der Waals surface area (Å²) >= 11 is 0. The van der Waals surface area contributed by atoms with Gasteiger partial charge in [-0.15, -0.1) is 0 Å². The molecule has 0 unspecified atom stereocenters. The van der Waals surface area contributed by atoms with E-state index < -0.39 is 6.17 Å². The maximum absolute atomic E-state index is 12.5. The molecule has 0 spiro atoms. The highest BCUT2D eigenvalue weighted by molar-refractivity contribution is 5.81. The highest BCUT2D eigenvalue weighted by atomic mass is 19.1. The van der Waals surface area contributed by atoms with Crippen molar-refractivity contribution in [3.05, 3.63) is 0 Å². The predicted octanol–water partition coefficient (Wildman–Crippen LogP) is 1.44. The molecule has 0 heterocycles. The molecular formula is C13H25FN2O2. The number of alkyl halides is 1. The van der Waals surface area contributed by atoms with Crippen molar-refractivity contribution in [2.75, 3.05) is 13.1 Å². The van der Waals surface area contributed by atoms with Gasteiger partial charge in [0.2, 0.25) is 5.91 Å². The van der Waals surface area contributed by atoms with Crippen LogP contribution in [0.1, 0.15) is 40.5 Å². The molecule has 0 aromatic rings. The van der Waals surface area contributed by atoms with E-state index in [1.54, 1.807) is 0 Å². The van der Waals surface area contributed by atoms with E-state index in [-0.39, 0.29) is 32.4 Å². The molecule has 5 heteroatoms. The molecule has 0 aromatic heterocycles. The molecule has 1 amide bonds. The zero-order valence-electron chi connectivity index (χ0n) is 11.0. The fraction of sp³-hybridized carbons (Fsp3) is 0.846. The number of rotatable bonds is 7. The van der Waals surface area contributed by atoms with Crippen LogP contribution in [-0.4, -0.2) is 37.5 Å². The molecule has 1 rings (SSSR count). The Labute approximate surface area is 109 Å². The second-order valence-corrected chi connectivity index (χ2v) is 5.04. The average molecular weight is 260 g/mol. The molecule has 1 fully saturated rings. The van der Waals surface area contributed by atoms with Gasteiger partial charge in [-0.1, -0.05) is 19.3 Å². The second-order valence-electron chi connectivity index (χ2n) is 5.04. The van der Waals surface area contributed by atoms with Crippen molar-refractivity contribution in [2.24, 2.45) is 5.92 Å². The van der Waals surface area contributed by atoms with Gasteiger partial charge >= 0.3 is 0 Å². The molecule has 106 valence electrons. The maximum atomic E-state index is 12.5. The summed E-state index contributed by atoms with van der Waals surface area (Å²) in [6.07, 6.45) is 5.32. The van der Waals surface area contributed by atoms with Crippen LogP contribution in [0.2, 0.25) is 0 Å². The number of nitrogens with one attached hydrogen (secondary N) is 2. The summed E-state index contributed by atoms with van der Waals surface area (Å²) in [6.45, 7) is 1.65. The van der Waals surface area contributed by atoms with Gasteiger partial charge in [-0.05, 0) is 25.7 Å². The van der Waals surface area contributed by atoms with Crippen molar-refractivity contribution < 1.29 is 15.4 Å². The van der Waals surface area contributed by atoms with E-state index in [9.17, 15) is 14.0 Å². The normalized spacial score (nSPS) is 20.1. The Morgan fingerprint density at radius 1 is 1.44 bits per heavy atom. The van der Waals surface area contributed by atoms with Gasteiger partial charge in [0.15, 0.2) is 0 Å². The van der Waals surface area contributed by atoms with E-state index in [0.717, 1.165) is 32.0 Å². The van der Waals surface area contributed by atoms with Crippen molar-refractivity contribution in [3.8, 4) is 0 Å². The number of carbonyl (C=O) groups is 2. The Balaban J connectivity index is 0.00000324. The minimum absolute atomic E-state index is 0. The lowest BCUT2D eigenvalue weighted by Crippen LogP contribution is -2.46. The molecule has 1 aliphatic rings. The van der Waals surface area contributed by atoms with Gasteiger partial charge in [0.05, 0.1) is 12.6 Å². The first-order valence-corrected chi connectivity index (χ1v) is 6.73. The highest BCUT2D eigenvalue weighted by Gasteiger charge is 2.24. The highest BCUT2D eigenvalue weighted by Crippen LogP contribution is 2.25. The van der Waals surface area contributed by atoms with Crippen molar-refractivity contribution in [3.63, 3.8) is 0 Å². The molecule has 2 atom stereocenters. The van der Waals surface area contributed by atoms with Crippen LogP contribution in [-0.2, 0) is 9.59 Å². The molecular weight excluding hydrogens is 235 g/mol. The first-order valence-electron chi connectivity index (χ1n) is 6.73. The quantitative estimate of drug-likeness (QED) is 0.681. The van der Waals surface area contributed by atoms with E-state index in [4.69, 9.17) is 0 Å². The molecule has 1 aliphatic carbocycles. The van der Waals surface area contributed by atoms with Crippen LogP contribution in [0.15, 0.2) is 0 Å². The molecule has 0 bridgehead atoms. The predicted molar refractivity (Wildman–Crippen MR) is 70.1 cm³/mol. The molecule has 0 aromatic carbocycles. The Bertz CT molecular complexity index is 271.